The summed E-state index contributed by atoms with van der Waals surface area (Å²) < 4.78 is 60.1. The lowest BCUT2D eigenvalue weighted by Crippen LogP contribution is -2.46. The number of carbonyl (C=O) groups is 3. The fourth-order valence-corrected chi connectivity index (χ4v) is 6.24. The number of hydrogen-bond donors (Lipinski definition) is 4. The molecule has 50 heavy (non-hydrogen) atoms. The van der Waals surface area contributed by atoms with Gasteiger partial charge in [0.25, 0.3) is 0 Å². The average Bonchev–Trinajstić information content (AvgIpc) is 3.09. The molecule has 16 heteroatoms. The van der Waals surface area contributed by atoms with E-state index in [0.29, 0.717) is 88.9 Å². The van der Waals surface area contributed by atoms with Crippen LogP contribution in [-0.4, -0.2) is 105 Å². The second-order valence-electron chi connectivity index (χ2n) is 11.2. The maximum Gasteiger partial charge on any atom is 0.407 e. The molecule has 15 nitrogen and oxygen atoms in total. The third-order valence-electron chi connectivity index (χ3n) is 7.02. The van der Waals surface area contributed by atoms with E-state index >= 15 is 0 Å². The standard InChI is InChI=1S/C34H52N4O11S/c1-26-22-29(23-27(2)32(26)50(42,43)38-30(24-35)33(40)44-3)48-17-7-12-31(39)36-13-8-15-45-18-20-47-21-19-46-16-9-14-37-34(41)49-25-28-10-5-4-6-11-28/h4-6,10-11,22-23,30,38H,7-9,12-21,24-25,35H2,1-3H3,(H,36,39)(H,37,41). The molecule has 5 N–H and O–H groups in total. The van der Waals surface area contributed by atoms with Crippen molar-refractivity contribution in [1.29, 1.82) is 0 Å². The molecule has 0 spiro atoms. The van der Waals surface area contributed by atoms with Gasteiger partial charge in [-0.2, -0.15) is 4.72 Å². The van der Waals surface area contributed by atoms with Gasteiger partial charge in [-0.05, 0) is 61.9 Å². The lowest BCUT2D eigenvalue weighted by atomic mass is 10.1. The second kappa shape index (κ2) is 24.4. The van der Waals surface area contributed by atoms with Crippen LogP contribution in [0.1, 0.15) is 42.4 Å². The third kappa shape index (κ3) is 17.2. The van der Waals surface area contributed by atoms with E-state index in [1.54, 1.807) is 26.0 Å². The number of benzene rings is 2. The minimum absolute atomic E-state index is 0.0336. The molecule has 0 aliphatic heterocycles. The van der Waals surface area contributed by atoms with Crippen molar-refractivity contribution in [2.75, 3.05) is 73.0 Å². The van der Waals surface area contributed by atoms with Crippen LogP contribution in [0.4, 0.5) is 4.79 Å². The molecule has 0 heterocycles. The number of sulfonamides is 1. The van der Waals surface area contributed by atoms with Crippen LogP contribution in [0.25, 0.3) is 0 Å². The Kier molecular flexibility index (Phi) is 20.6. The molecule has 0 aliphatic rings. The van der Waals surface area contributed by atoms with E-state index < -0.39 is 28.1 Å². The van der Waals surface area contributed by atoms with Crippen LogP contribution in [0.3, 0.4) is 0 Å². The molecule has 0 radical (unpaired) electrons. The second-order valence-corrected chi connectivity index (χ2v) is 12.8. The fraction of sp³-hybridized carbons (Fsp3) is 0.559. The molecule has 280 valence electrons. The zero-order chi connectivity index (χ0) is 36.6. The Bertz CT molecular complexity index is 1390. The Balaban J connectivity index is 1.43. The summed E-state index contributed by atoms with van der Waals surface area (Å²) >= 11 is 0. The normalized spacial score (nSPS) is 11.8. The highest BCUT2D eigenvalue weighted by Crippen LogP contribution is 2.26. The maximum absolute atomic E-state index is 12.9. The van der Waals surface area contributed by atoms with Crippen LogP contribution in [0, 0.1) is 13.8 Å². The topological polar surface area (TPSA) is 203 Å². The summed E-state index contributed by atoms with van der Waals surface area (Å²) in [6.07, 6.45) is 1.61. The molecule has 0 bridgehead atoms. The van der Waals surface area contributed by atoms with E-state index in [0.717, 1.165) is 12.7 Å². The monoisotopic (exact) mass is 724 g/mol. The van der Waals surface area contributed by atoms with Gasteiger partial charge in [0.15, 0.2) is 0 Å². The van der Waals surface area contributed by atoms with Gasteiger partial charge in [-0.15, -0.1) is 0 Å². The fourth-order valence-electron chi connectivity index (χ4n) is 4.59. The minimum atomic E-state index is -4.05. The lowest BCUT2D eigenvalue weighted by Gasteiger charge is -2.18. The van der Waals surface area contributed by atoms with Gasteiger partial charge in [0.1, 0.15) is 18.4 Å². The first-order valence-corrected chi connectivity index (χ1v) is 18.0. The summed E-state index contributed by atoms with van der Waals surface area (Å²) in [5.41, 5.74) is 7.33. The van der Waals surface area contributed by atoms with Gasteiger partial charge in [-0.3, -0.25) is 9.59 Å². The Morgan fingerprint density at radius 3 is 1.96 bits per heavy atom. The molecular formula is C34H52N4O11S. The van der Waals surface area contributed by atoms with E-state index in [2.05, 4.69) is 20.1 Å². The molecule has 0 aromatic heterocycles. The number of carbonyl (C=O) groups excluding carboxylic acids is 3. The van der Waals surface area contributed by atoms with Gasteiger partial charge in [-0.1, -0.05) is 30.3 Å². The average molecular weight is 725 g/mol. The SMILES string of the molecule is COC(=O)C(CN)NS(=O)(=O)c1c(C)cc(OCCCC(=O)NCCCOCCOCCOCCCNC(=O)OCc2ccccc2)cc1C. The van der Waals surface area contributed by atoms with Crippen molar-refractivity contribution in [2.24, 2.45) is 5.73 Å². The number of methoxy groups -OCH3 is 1. The van der Waals surface area contributed by atoms with Crippen molar-refractivity contribution in [3.05, 3.63) is 59.2 Å². The van der Waals surface area contributed by atoms with E-state index in [1.165, 1.54) is 0 Å². The lowest BCUT2D eigenvalue weighted by molar-refractivity contribution is -0.142. The number of aryl methyl sites for hydroxylation is 2. The summed E-state index contributed by atoms with van der Waals surface area (Å²) in [6, 6.07) is 11.5. The largest absolute Gasteiger partial charge is 0.494 e. The van der Waals surface area contributed by atoms with E-state index in [4.69, 9.17) is 29.4 Å². The Labute approximate surface area is 294 Å². The van der Waals surface area contributed by atoms with E-state index in [-0.39, 0.29) is 37.0 Å². The van der Waals surface area contributed by atoms with E-state index in [9.17, 15) is 22.8 Å². The van der Waals surface area contributed by atoms with Crippen molar-refractivity contribution >= 4 is 28.0 Å². The van der Waals surface area contributed by atoms with Crippen molar-refractivity contribution in [2.45, 2.75) is 57.1 Å². The van der Waals surface area contributed by atoms with Crippen molar-refractivity contribution in [1.82, 2.24) is 15.4 Å². The Morgan fingerprint density at radius 2 is 1.38 bits per heavy atom. The molecule has 0 saturated carbocycles. The van der Waals surface area contributed by atoms with Gasteiger partial charge in [-0.25, -0.2) is 13.2 Å². The van der Waals surface area contributed by atoms with Crippen LogP contribution in [0.2, 0.25) is 0 Å². The number of nitrogens with two attached hydrogens (primary N) is 1. The quantitative estimate of drug-likeness (QED) is 0.0815. The molecule has 2 aromatic carbocycles. The highest BCUT2D eigenvalue weighted by Gasteiger charge is 2.28. The first-order chi connectivity index (χ1) is 24.1. The summed E-state index contributed by atoms with van der Waals surface area (Å²) in [5.74, 6) is -0.404. The zero-order valence-electron chi connectivity index (χ0n) is 29.2. The first-order valence-electron chi connectivity index (χ1n) is 16.6. The molecule has 1 atom stereocenters. The molecule has 1 unspecified atom stereocenters. The molecular weight excluding hydrogens is 672 g/mol. The summed E-state index contributed by atoms with van der Waals surface area (Å²) in [6.45, 7) is 7.19. The van der Waals surface area contributed by atoms with Gasteiger partial charge < -0.3 is 44.8 Å². The van der Waals surface area contributed by atoms with Gasteiger partial charge in [0.05, 0.1) is 45.0 Å². The van der Waals surface area contributed by atoms with Crippen LogP contribution in [0.15, 0.2) is 47.4 Å². The molecule has 2 amide bonds. The Hall–Kier alpha value is -3.80. The smallest absolute Gasteiger partial charge is 0.407 e. The number of alkyl carbamates (subject to hydrolysis) is 1. The first kappa shape index (κ1) is 42.4. The molecule has 0 saturated heterocycles. The molecule has 2 rings (SSSR count). The van der Waals surface area contributed by atoms with Crippen molar-refractivity contribution in [3.8, 4) is 5.75 Å². The Morgan fingerprint density at radius 1 is 0.800 bits per heavy atom. The molecule has 2 aromatic rings. The minimum Gasteiger partial charge on any atom is -0.494 e. The van der Waals surface area contributed by atoms with Crippen LogP contribution in [-0.2, 0) is 49.9 Å². The summed E-state index contributed by atoms with van der Waals surface area (Å²) in [5, 5.41) is 5.53. The number of nitrogens with one attached hydrogen (secondary N) is 3. The predicted octanol–water partition coefficient (Wildman–Crippen LogP) is 2.11. The molecule has 0 aliphatic carbocycles. The van der Waals surface area contributed by atoms with Crippen molar-refractivity contribution < 1.29 is 51.2 Å². The highest BCUT2D eigenvalue weighted by molar-refractivity contribution is 7.89. The van der Waals surface area contributed by atoms with Crippen LogP contribution < -0.4 is 25.8 Å². The van der Waals surface area contributed by atoms with E-state index in [1.807, 2.05) is 30.3 Å². The number of ether oxygens (including phenoxy) is 6. The molecule has 0 fully saturated rings. The maximum atomic E-state index is 12.9. The number of amides is 2. The summed E-state index contributed by atoms with van der Waals surface area (Å²) in [7, 11) is -2.89. The van der Waals surface area contributed by atoms with Gasteiger partial charge in [0.2, 0.25) is 15.9 Å². The van der Waals surface area contributed by atoms with Crippen LogP contribution in [0.5, 0.6) is 5.75 Å². The van der Waals surface area contributed by atoms with Gasteiger partial charge >= 0.3 is 12.1 Å². The number of esters is 1. The van der Waals surface area contributed by atoms with Crippen LogP contribution >= 0.6 is 0 Å². The van der Waals surface area contributed by atoms with Gasteiger partial charge in [0, 0.05) is 39.3 Å². The zero-order valence-corrected chi connectivity index (χ0v) is 30.0. The van der Waals surface area contributed by atoms with Crippen molar-refractivity contribution in [3.63, 3.8) is 0 Å². The highest BCUT2D eigenvalue weighted by atomic mass is 32.2. The number of hydrogen-bond acceptors (Lipinski definition) is 12. The third-order valence-corrected chi connectivity index (χ3v) is 8.79. The predicted molar refractivity (Wildman–Crippen MR) is 185 cm³/mol. The summed E-state index contributed by atoms with van der Waals surface area (Å²) in [4.78, 5) is 35.7. The number of rotatable bonds is 26.